The standard InChI is InChI=1S/C30H17ClNO/c31-20-15-13-19(14-16-20)22-10-6-11-23-24-17-18-27-28(30(24)33-29(22)23)25-9-4-5-12-26(25)32(27)21-7-2-1-3-8-21/h1-2,4-18H/q+1. The first-order valence-corrected chi connectivity index (χ1v) is 11.3. The zero-order chi connectivity index (χ0) is 21.9. The smallest absolute Gasteiger partial charge is 0.158 e. The van der Waals surface area contributed by atoms with Gasteiger partial charge in [0.05, 0.1) is 22.5 Å². The molecule has 1 aliphatic rings. The second kappa shape index (κ2) is 6.95. The Hall–Kier alpha value is -4.10. The molecule has 0 saturated carbocycles. The van der Waals surface area contributed by atoms with Gasteiger partial charge in [0.25, 0.3) is 0 Å². The first-order valence-electron chi connectivity index (χ1n) is 10.9. The summed E-state index contributed by atoms with van der Waals surface area (Å²) in [5.74, 6) is 0. The molecule has 0 aliphatic heterocycles. The highest BCUT2D eigenvalue weighted by molar-refractivity contribution is 6.30. The van der Waals surface area contributed by atoms with Crippen LogP contribution in [0.3, 0.4) is 0 Å². The van der Waals surface area contributed by atoms with Crippen molar-refractivity contribution >= 4 is 61.0 Å². The van der Waals surface area contributed by atoms with Crippen molar-refractivity contribution in [1.29, 1.82) is 0 Å². The predicted molar refractivity (Wildman–Crippen MR) is 138 cm³/mol. The third-order valence-corrected chi connectivity index (χ3v) is 6.66. The molecular formula is C30H17ClNO+. The maximum absolute atomic E-state index is 6.68. The van der Waals surface area contributed by atoms with Gasteiger partial charge in [0.15, 0.2) is 5.70 Å². The van der Waals surface area contributed by atoms with Crippen molar-refractivity contribution in [2.45, 2.75) is 0 Å². The average Bonchev–Trinajstić information content (AvgIpc) is 3.41. The molecule has 2 aromatic heterocycles. The molecule has 0 N–H and O–H groups in total. The molecule has 3 heteroatoms. The lowest BCUT2D eigenvalue weighted by atomic mass is 10.0. The summed E-state index contributed by atoms with van der Waals surface area (Å²) in [5.41, 5.74) is 7.32. The van der Waals surface area contributed by atoms with Gasteiger partial charge >= 0.3 is 0 Å². The fourth-order valence-corrected chi connectivity index (χ4v) is 5.09. The number of furan rings is 1. The van der Waals surface area contributed by atoms with Gasteiger partial charge in [-0.05, 0) is 35.9 Å². The molecule has 0 unspecified atom stereocenters. The van der Waals surface area contributed by atoms with Gasteiger partial charge in [-0.25, -0.2) is 0 Å². The van der Waals surface area contributed by atoms with E-state index in [0.717, 1.165) is 60.2 Å². The molecule has 0 saturated heterocycles. The van der Waals surface area contributed by atoms with Crippen LogP contribution in [0.5, 0.6) is 0 Å². The predicted octanol–water partition coefficient (Wildman–Crippen LogP) is 8.78. The van der Waals surface area contributed by atoms with Crippen molar-refractivity contribution in [1.82, 2.24) is 4.57 Å². The van der Waals surface area contributed by atoms with Gasteiger partial charge in [-0.1, -0.05) is 60.1 Å². The van der Waals surface area contributed by atoms with Gasteiger partial charge in [0.2, 0.25) is 0 Å². The zero-order valence-corrected chi connectivity index (χ0v) is 18.3. The molecule has 33 heavy (non-hydrogen) atoms. The van der Waals surface area contributed by atoms with Crippen LogP contribution in [0.2, 0.25) is 5.02 Å². The molecule has 1 aliphatic carbocycles. The monoisotopic (exact) mass is 442 g/mol. The van der Waals surface area contributed by atoms with E-state index in [9.17, 15) is 0 Å². The molecule has 6 aromatic rings. The van der Waals surface area contributed by atoms with Gasteiger partial charge in [0, 0.05) is 38.9 Å². The van der Waals surface area contributed by atoms with E-state index in [-0.39, 0.29) is 0 Å². The van der Waals surface area contributed by atoms with Crippen LogP contribution in [-0.2, 0) is 0 Å². The molecule has 7 rings (SSSR count). The number of benzene rings is 4. The van der Waals surface area contributed by atoms with Crippen LogP contribution in [0, 0.1) is 6.08 Å². The van der Waals surface area contributed by atoms with Crippen molar-refractivity contribution < 1.29 is 4.42 Å². The van der Waals surface area contributed by atoms with Gasteiger partial charge in [0.1, 0.15) is 23.3 Å². The zero-order valence-electron chi connectivity index (χ0n) is 17.5. The van der Waals surface area contributed by atoms with Crippen LogP contribution in [0.25, 0.3) is 60.6 Å². The van der Waals surface area contributed by atoms with Crippen LogP contribution >= 0.6 is 11.6 Å². The molecule has 0 bridgehead atoms. The Morgan fingerprint density at radius 1 is 0.727 bits per heavy atom. The molecule has 154 valence electrons. The summed E-state index contributed by atoms with van der Waals surface area (Å²) in [6, 6.07) is 27.1. The molecule has 4 aromatic carbocycles. The maximum atomic E-state index is 6.68. The summed E-state index contributed by atoms with van der Waals surface area (Å²) in [5, 5.41) is 5.27. The van der Waals surface area contributed by atoms with Crippen LogP contribution < -0.4 is 0 Å². The number of fused-ring (bicyclic) bond motifs is 7. The Bertz CT molecular complexity index is 1810. The molecular weight excluding hydrogens is 426 g/mol. The highest BCUT2D eigenvalue weighted by Gasteiger charge is 2.22. The minimum absolute atomic E-state index is 0.725. The summed E-state index contributed by atoms with van der Waals surface area (Å²) in [6.07, 6.45) is 11.3. The molecule has 2 heterocycles. The molecule has 0 spiro atoms. The molecule has 0 atom stereocenters. The quantitative estimate of drug-likeness (QED) is 0.245. The highest BCUT2D eigenvalue weighted by atomic mass is 35.5. The van der Waals surface area contributed by atoms with E-state index in [1.807, 2.05) is 42.5 Å². The third-order valence-electron chi connectivity index (χ3n) is 6.40. The van der Waals surface area contributed by atoms with Gasteiger partial charge in [-0.15, -0.1) is 0 Å². The lowest BCUT2D eigenvalue weighted by molar-refractivity contribution is 0.674. The normalized spacial score (nSPS) is 13.3. The molecule has 0 radical (unpaired) electrons. The number of para-hydroxylation sites is 2. The van der Waals surface area contributed by atoms with Crippen molar-refractivity contribution in [3.8, 4) is 11.1 Å². The number of hydrogen-bond acceptors (Lipinski definition) is 1. The third kappa shape index (κ3) is 2.66. The summed E-state index contributed by atoms with van der Waals surface area (Å²) in [7, 11) is 0. The minimum Gasteiger partial charge on any atom is -0.455 e. The van der Waals surface area contributed by atoms with E-state index in [4.69, 9.17) is 16.0 Å². The summed E-state index contributed by atoms with van der Waals surface area (Å²) in [4.78, 5) is 0. The fourth-order valence-electron chi connectivity index (χ4n) is 4.97. The summed E-state index contributed by atoms with van der Waals surface area (Å²) in [6.45, 7) is 0. The van der Waals surface area contributed by atoms with E-state index in [1.54, 1.807) is 0 Å². The van der Waals surface area contributed by atoms with Crippen LogP contribution in [0.1, 0.15) is 0 Å². The SMILES string of the molecule is Clc1ccc(-c2cccc3c2oc2c3ccc3c2c2ccccc2n3C2=CC=C[C+]=C2)cc1. The van der Waals surface area contributed by atoms with Gasteiger partial charge in [-0.3, -0.25) is 4.57 Å². The maximum Gasteiger partial charge on any atom is 0.158 e. The van der Waals surface area contributed by atoms with Gasteiger partial charge in [-0.2, -0.15) is 0 Å². The average molecular weight is 443 g/mol. The number of aromatic nitrogens is 1. The molecule has 0 fully saturated rings. The van der Waals surface area contributed by atoms with E-state index in [2.05, 4.69) is 71.3 Å². The van der Waals surface area contributed by atoms with E-state index in [1.165, 1.54) is 5.39 Å². The van der Waals surface area contributed by atoms with E-state index >= 15 is 0 Å². The largest absolute Gasteiger partial charge is 0.455 e. The minimum atomic E-state index is 0.725. The fraction of sp³-hybridized carbons (Fsp3) is 0. The molecule has 0 amide bonds. The Kier molecular flexibility index (Phi) is 3.89. The Morgan fingerprint density at radius 3 is 2.39 bits per heavy atom. The first-order chi connectivity index (χ1) is 16.3. The van der Waals surface area contributed by atoms with Crippen molar-refractivity contribution in [2.24, 2.45) is 0 Å². The van der Waals surface area contributed by atoms with E-state index in [0.29, 0.717) is 0 Å². The van der Waals surface area contributed by atoms with Crippen LogP contribution in [0.15, 0.2) is 108 Å². The number of halogens is 1. The number of nitrogens with zero attached hydrogens (tertiary/aromatic N) is 1. The molecule has 2 nitrogen and oxygen atoms in total. The lowest BCUT2D eigenvalue weighted by Crippen LogP contribution is -1.95. The van der Waals surface area contributed by atoms with E-state index < -0.39 is 0 Å². The van der Waals surface area contributed by atoms with Crippen LogP contribution in [-0.4, -0.2) is 4.57 Å². The second-order valence-electron chi connectivity index (χ2n) is 8.24. The highest BCUT2D eigenvalue weighted by Crippen LogP contribution is 2.42. The van der Waals surface area contributed by atoms with Crippen molar-refractivity contribution in [3.63, 3.8) is 0 Å². The van der Waals surface area contributed by atoms with Gasteiger partial charge < -0.3 is 4.42 Å². The Labute approximate surface area is 195 Å². The first kappa shape index (κ1) is 18.5. The lowest BCUT2D eigenvalue weighted by Gasteiger charge is -2.03. The Balaban J connectivity index is 1.62. The summed E-state index contributed by atoms with van der Waals surface area (Å²) < 4.78 is 8.97. The Morgan fingerprint density at radius 2 is 1.55 bits per heavy atom. The second-order valence-corrected chi connectivity index (χ2v) is 8.68. The summed E-state index contributed by atoms with van der Waals surface area (Å²) >= 11 is 6.13. The van der Waals surface area contributed by atoms with Crippen molar-refractivity contribution in [3.05, 3.63) is 114 Å². The van der Waals surface area contributed by atoms with Crippen molar-refractivity contribution in [2.75, 3.05) is 0 Å². The number of hydrogen-bond donors (Lipinski definition) is 0. The number of rotatable bonds is 2. The number of allylic oxidation sites excluding steroid dienone is 6. The van der Waals surface area contributed by atoms with Crippen LogP contribution in [0.4, 0.5) is 0 Å². The topological polar surface area (TPSA) is 18.1 Å².